The first-order valence-corrected chi connectivity index (χ1v) is 7.40. The molecule has 8 nitrogen and oxygen atoms in total. The highest BCUT2D eigenvalue weighted by atomic mass is 16.5. The van der Waals surface area contributed by atoms with Crippen LogP contribution in [0.15, 0.2) is 24.5 Å². The highest BCUT2D eigenvalue weighted by Gasteiger charge is 2.27. The van der Waals surface area contributed by atoms with Crippen LogP contribution in [0, 0.1) is 6.92 Å². The molecule has 126 valence electrons. The molecule has 0 saturated carbocycles. The average molecular weight is 331 g/mol. The van der Waals surface area contributed by atoms with Gasteiger partial charge in [-0.3, -0.25) is 5.10 Å². The number of rotatable bonds is 5. The zero-order valence-electron chi connectivity index (χ0n) is 13.0. The molecular weight excluding hydrogens is 314 g/mol. The van der Waals surface area contributed by atoms with Gasteiger partial charge in [0.05, 0.1) is 31.0 Å². The summed E-state index contributed by atoms with van der Waals surface area (Å²) in [7, 11) is 0. The van der Waals surface area contributed by atoms with E-state index >= 15 is 0 Å². The first kappa shape index (κ1) is 16.0. The van der Waals surface area contributed by atoms with Gasteiger partial charge in [-0.05, 0) is 24.1 Å². The number of esters is 1. The number of hydrogen-bond donors (Lipinski definition) is 3. The molecule has 0 aliphatic carbocycles. The maximum Gasteiger partial charge on any atom is 0.407 e. The van der Waals surface area contributed by atoms with E-state index in [9.17, 15) is 19.8 Å². The molecule has 2 heterocycles. The van der Waals surface area contributed by atoms with Crippen LogP contribution in [-0.2, 0) is 17.9 Å². The fourth-order valence-corrected chi connectivity index (χ4v) is 2.83. The zero-order valence-corrected chi connectivity index (χ0v) is 13.0. The number of ether oxygens (including phenoxy) is 1. The summed E-state index contributed by atoms with van der Waals surface area (Å²) in [6.07, 6.45) is 0.999. The van der Waals surface area contributed by atoms with E-state index in [-0.39, 0.29) is 25.7 Å². The number of H-pyrrole nitrogens is 1. The van der Waals surface area contributed by atoms with Crippen LogP contribution >= 0.6 is 0 Å². The Morgan fingerprint density at radius 1 is 1.50 bits per heavy atom. The Bertz CT molecular complexity index is 772. The van der Waals surface area contributed by atoms with Gasteiger partial charge in [-0.2, -0.15) is 5.10 Å². The molecule has 1 aromatic carbocycles. The number of hydrogen-bond acceptors (Lipinski definition) is 5. The highest BCUT2D eigenvalue weighted by Crippen LogP contribution is 2.29. The van der Waals surface area contributed by atoms with Crippen LogP contribution in [-0.4, -0.2) is 43.9 Å². The van der Waals surface area contributed by atoms with E-state index in [0.29, 0.717) is 16.7 Å². The van der Waals surface area contributed by atoms with Crippen molar-refractivity contribution in [1.29, 1.82) is 0 Å². The number of nitrogens with one attached hydrogen (secondary N) is 1. The third-order valence-electron chi connectivity index (χ3n) is 4.16. The van der Waals surface area contributed by atoms with Crippen LogP contribution in [0.4, 0.5) is 4.79 Å². The van der Waals surface area contributed by atoms with Crippen LogP contribution < -0.4 is 0 Å². The molecule has 0 radical (unpaired) electrons. The van der Waals surface area contributed by atoms with Crippen molar-refractivity contribution in [3.05, 3.63) is 52.3 Å². The van der Waals surface area contributed by atoms with Crippen molar-refractivity contribution in [2.45, 2.75) is 26.2 Å². The third kappa shape index (κ3) is 2.95. The van der Waals surface area contributed by atoms with Crippen LogP contribution in [0.5, 0.6) is 0 Å². The summed E-state index contributed by atoms with van der Waals surface area (Å²) < 4.78 is 4.99. The Morgan fingerprint density at radius 3 is 2.96 bits per heavy atom. The van der Waals surface area contributed by atoms with Gasteiger partial charge in [-0.15, -0.1) is 0 Å². The fourth-order valence-electron chi connectivity index (χ4n) is 2.83. The van der Waals surface area contributed by atoms with Crippen LogP contribution in [0.1, 0.15) is 38.7 Å². The maximum atomic E-state index is 11.6. The summed E-state index contributed by atoms with van der Waals surface area (Å²) in [5.41, 5.74) is 3.28. The van der Waals surface area contributed by atoms with Crippen molar-refractivity contribution in [2.24, 2.45) is 0 Å². The second kappa shape index (κ2) is 6.32. The van der Waals surface area contributed by atoms with Crippen LogP contribution in [0.2, 0.25) is 0 Å². The number of nitrogens with zero attached hydrogens (tertiary/aromatic N) is 2. The van der Waals surface area contributed by atoms with Gasteiger partial charge >= 0.3 is 12.1 Å². The fraction of sp³-hybridized carbons (Fsp3) is 0.312. The number of amides is 1. The third-order valence-corrected chi connectivity index (χ3v) is 4.16. The van der Waals surface area contributed by atoms with E-state index in [0.717, 1.165) is 16.0 Å². The normalized spacial score (nSPS) is 14.2. The lowest BCUT2D eigenvalue weighted by molar-refractivity contribution is 0.0534. The average Bonchev–Trinajstić information content (AvgIpc) is 3.17. The number of aliphatic hydroxyl groups excluding tert-OH is 1. The summed E-state index contributed by atoms with van der Waals surface area (Å²) in [5, 5.41) is 26.2. The van der Waals surface area contributed by atoms with Gasteiger partial charge in [0.15, 0.2) is 0 Å². The standard InChI is InChI=1S/C16H17N3O5/c1-9-11(2-3-12-13(9)8-24-15(12)21)14(20)7-19(16(22)23)6-10-4-17-18-5-10/h2-5,14,20H,6-8H2,1H3,(H,17,18)(H,22,23)/t14-/m0/s1. The van der Waals surface area contributed by atoms with E-state index in [1.165, 1.54) is 6.20 Å². The Morgan fingerprint density at radius 2 is 2.29 bits per heavy atom. The van der Waals surface area contributed by atoms with E-state index in [2.05, 4.69) is 10.2 Å². The topological polar surface area (TPSA) is 116 Å². The molecule has 1 aliphatic heterocycles. The minimum atomic E-state index is -1.13. The van der Waals surface area contributed by atoms with Crippen LogP contribution in [0.3, 0.4) is 0 Å². The summed E-state index contributed by atoms with van der Waals surface area (Å²) in [5.74, 6) is -0.374. The first-order chi connectivity index (χ1) is 11.5. The number of carbonyl (C=O) groups excluding carboxylic acids is 1. The smallest absolute Gasteiger partial charge is 0.407 e. The van der Waals surface area contributed by atoms with Gasteiger partial charge in [0.1, 0.15) is 6.61 Å². The molecule has 1 atom stereocenters. The monoisotopic (exact) mass is 331 g/mol. The number of aliphatic hydroxyl groups is 1. The molecule has 0 unspecified atom stereocenters. The number of cyclic esters (lactones) is 1. The van der Waals surface area contributed by atoms with Gasteiger partial charge < -0.3 is 19.8 Å². The molecule has 0 spiro atoms. The van der Waals surface area contributed by atoms with Gasteiger partial charge in [0, 0.05) is 17.3 Å². The molecule has 8 heteroatoms. The maximum absolute atomic E-state index is 11.6. The number of carbonyl (C=O) groups is 2. The highest BCUT2D eigenvalue weighted by molar-refractivity contribution is 5.93. The number of benzene rings is 1. The van der Waals surface area contributed by atoms with Gasteiger partial charge in [-0.25, -0.2) is 9.59 Å². The molecule has 2 aromatic rings. The van der Waals surface area contributed by atoms with E-state index in [1.807, 2.05) is 0 Å². The molecule has 0 bridgehead atoms. The summed E-state index contributed by atoms with van der Waals surface area (Å²) in [4.78, 5) is 24.1. The number of fused-ring (bicyclic) bond motifs is 1. The Balaban J connectivity index is 1.79. The number of aromatic nitrogens is 2. The summed E-state index contributed by atoms with van der Waals surface area (Å²) in [6.45, 7) is 2.00. The van der Waals surface area contributed by atoms with E-state index in [4.69, 9.17) is 4.74 Å². The molecule has 24 heavy (non-hydrogen) atoms. The SMILES string of the molecule is Cc1c([C@@H](O)CN(Cc2cn[nH]c2)C(=O)O)ccc2c1COC2=O. The quantitative estimate of drug-likeness (QED) is 0.717. The van der Waals surface area contributed by atoms with Crippen LogP contribution in [0.25, 0.3) is 0 Å². The number of carboxylic acid groups (broad SMARTS) is 1. The number of aromatic amines is 1. The lowest BCUT2D eigenvalue weighted by atomic mass is 9.95. The van der Waals surface area contributed by atoms with Gasteiger partial charge in [0.25, 0.3) is 0 Å². The Labute approximate surface area is 137 Å². The molecule has 1 aromatic heterocycles. The van der Waals surface area contributed by atoms with E-state index in [1.54, 1.807) is 25.3 Å². The Hall–Kier alpha value is -2.87. The van der Waals surface area contributed by atoms with Crippen molar-refractivity contribution in [3.8, 4) is 0 Å². The molecule has 3 rings (SSSR count). The molecule has 0 saturated heterocycles. The van der Waals surface area contributed by atoms with Crippen molar-refractivity contribution in [1.82, 2.24) is 15.1 Å². The molecule has 3 N–H and O–H groups in total. The molecule has 0 fully saturated rings. The van der Waals surface area contributed by atoms with Crippen molar-refractivity contribution in [2.75, 3.05) is 6.54 Å². The lowest BCUT2D eigenvalue weighted by Crippen LogP contribution is -2.33. The van der Waals surface area contributed by atoms with Crippen molar-refractivity contribution >= 4 is 12.1 Å². The first-order valence-electron chi connectivity index (χ1n) is 7.40. The van der Waals surface area contributed by atoms with Gasteiger partial charge in [-0.1, -0.05) is 6.07 Å². The van der Waals surface area contributed by atoms with Gasteiger partial charge in [0.2, 0.25) is 0 Å². The van der Waals surface area contributed by atoms with E-state index < -0.39 is 12.2 Å². The Kier molecular flexibility index (Phi) is 4.22. The van der Waals surface area contributed by atoms with Crippen molar-refractivity contribution in [3.63, 3.8) is 0 Å². The summed E-state index contributed by atoms with van der Waals surface area (Å²) in [6, 6.07) is 3.25. The molecule has 1 aliphatic rings. The predicted molar refractivity (Wildman–Crippen MR) is 82.3 cm³/mol. The lowest BCUT2D eigenvalue weighted by Gasteiger charge is -2.23. The second-order valence-electron chi connectivity index (χ2n) is 5.67. The van der Waals surface area contributed by atoms with Crippen molar-refractivity contribution < 1.29 is 24.5 Å². The second-order valence-corrected chi connectivity index (χ2v) is 5.67. The minimum Gasteiger partial charge on any atom is -0.465 e. The molecule has 1 amide bonds. The summed E-state index contributed by atoms with van der Waals surface area (Å²) >= 11 is 0. The largest absolute Gasteiger partial charge is 0.465 e. The zero-order chi connectivity index (χ0) is 17.3. The predicted octanol–water partition coefficient (Wildman–Crippen LogP) is 1.60. The molecular formula is C16H17N3O5. The minimum absolute atomic E-state index is 0.0883.